The molecule has 1 N–H and O–H groups in total. The maximum Gasteiger partial charge on any atom is 0.410 e. The number of amides is 1. The lowest BCUT2D eigenvalue weighted by Gasteiger charge is -2.38. The van der Waals surface area contributed by atoms with Crippen LogP contribution in [0.5, 0.6) is 0 Å². The lowest BCUT2D eigenvalue weighted by Crippen LogP contribution is -2.54. The molecule has 2 aliphatic rings. The Bertz CT molecular complexity index is 299. The lowest BCUT2D eigenvalue weighted by molar-refractivity contribution is -0.0953. The maximum absolute atomic E-state index is 12.0. The zero-order valence-corrected chi connectivity index (χ0v) is 10.7. The summed E-state index contributed by atoms with van der Waals surface area (Å²) < 4.78 is 10.9. The smallest absolute Gasteiger partial charge is 0.410 e. The molecule has 1 saturated heterocycles. The molecule has 5 heteroatoms. The summed E-state index contributed by atoms with van der Waals surface area (Å²) in [5.74, 6) is 0. The van der Waals surface area contributed by atoms with Crippen LogP contribution in [0.1, 0.15) is 33.6 Å². The number of morpholine rings is 1. The standard InChI is InChI=1S/C12H21NO4/c1-12(2,3)17-11(15)13-6-7-16-10-8(13)4-5-9(10)14/h8-10,14H,4-7H2,1-3H3/t8-,9+,10-/m0/s1. The highest BCUT2D eigenvalue weighted by Gasteiger charge is 2.44. The maximum atomic E-state index is 12.0. The summed E-state index contributed by atoms with van der Waals surface area (Å²) in [7, 11) is 0. The average molecular weight is 243 g/mol. The minimum Gasteiger partial charge on any atom is -0.444 e. The third kappa shape index (κ3) is 2.72. The van der Waals surface area contributed by atoms with E-state index in [0.717, 1.165) is 6.42 Å². The second-order valence-electron chi connectivity index (χ2n) is 5.72. The number of fused-ring (bicyclic) bond motifs is 1. The van der Waals surface area contributed by atoms with Crippen LogP contribution in [0.3, 0.4) is 0 Å². The molecular weight excluding hydrogens is 222 g/mol. The van der Waals surface area contributed by atoms with E-state index in [1.54, 1.807) is 4.90 Å². The monoisotopic (exact) mass is 243 g/mol. The van der Waals surface area contributed by atoms with Gasteiger partial charge in [0, 0.05) is 6.54 Å². The number of nitrogens with zero attached hydrogens (tertiary/aromatic N) is 1. The molecule has 98 valence electrons. The Balaban J connectivity index is 2.03. The van der Waals surface area contributed by atoms with Gasteiger partial charge in [-0.15, -0.1) is 0 Å². The molecule has 0 radical (unpaired) electrons. The molecule has 17 heavy (non-hydrogen) atoms. The second kappa shape index (κ2) is 4.46. The van der Waals surface area contributed by atoms with Gasteiger partial charge >= 0.3 is 6.09 Å². The topological polar surface area (TPSA) is 59.0 Å². The average Bonchev–Trinajstić information content (AvgIpc) is 2.58. The third-order valence-electron chi connectivity index (χ3n) is 3.19. The van der Waals surface area contributed by atoms with Crippen LogP contribution in [0.4, 0.5) is 4.79 Å². The van der Waals surface area contributed by atoms with Gasteiger partial charge in [-0.2, -0.15) is 0 Å². The molecule has 5 nitrogen and oxygen atoms in total. The van der Waals surface area contributed by atoms with Crippen molar-refractivity contribution in [1.29, 1.82) is 0 Å². The van der Waals surface area contributed by atoms with E-state index >= 15 is 0 Å². The van der Waals surface area contributed by atoms with Gasteiger partial charge in [-0.05, 0) is 33.6 Å². The van der Waals surface area contributed by atoms with E-state index in [-0.39, 0.29) is 18.2 Å². The zero-order valence-electron chi connectivity index (χ0n) is 10.7. The van der Waals surface area contributed by atoms with Gasteiger partial charge in [0.1, 0.15) is 11.7 Å². The van der Waals surface area contributed by atoms with Crippen LogP contribution in [-0.2, 0) is 9.47 Å². The molecule has 0 unspecified atom stereocenters. The fourth-order valence-corrected chi connectivity index (χ4v) is 2.48. The Kier molecular flexibility index (Phi) is 3.32. The Labute approximate surface area is 102 Å². The molecule has 1 amide bonds. The van der Waals surface area contributed by atoms with Gasteiger partial charge in [-0.25, -0.2) is 4.79 Å². The first-order chi connectivity index (χ1) is 7.88. The second-order valence-corrected chi connectivity index (χ2v) is 5.72. The number of aliphatic hydroxyl groups is 1. The van der Waals surface area contributed by atoms with Crippen LogP contribution in [-0.4, -0.2) is 53.1 Å². The van der Waals surface area contributed by atoms with Crippen LogP contribution >= 0.6 is 0 Å². The molecule has 1 aliphatic carbocycles. The van der Waals surface area contributed by atoms with Crippen molar-refractivity contribution in [3.8, 4) is 0 Å². The quantitative estimate of drug-likeness (QED) is 0.693. The van der Waals surface area contributed by atoms with Gasteiger partial charge in [-0.1, -0.05) is 0 Å². The molecule has 1 aliphatic heterocycles. The summed E-state index contributed by atoms with van der Waals surface area (Å²) in [6.45, 7) is 6.57. The van der Waals surface area contributed by atoms with E-state index in [1.165, 1.54) is 0 Å². The predicted octanol–water partition coefficient (Wildman–Crippen LogP) is 1.15. The van der Waals surface area contributed by atoms with E-state index in [4.69, 9.17) is 9.47 Å². The highest BCUT2D eigenvalue weighted by atomic mass is 16.6. The van der Waals surface area contributed by atoms with Crippen molar-refractivity contribution < 1.29 is 19.4 Å². The van der Waals surface area contributed by atoms with Gasteiger partial charge in [-0.3, -0.25) is 0 Å². The summed E-state index contributed by atoms with van der Waals surface area (Å²) in [6, 6.07) is -0.0337. The van der Waals surface area contributed by atoms with E-state index in [1.807, 2.05) is 20.8 Å². The summed E-state index contributed by atoms with van der Waals surface area (Å²) in [6.07, 6.45) is 0.478. The first-order valence-electron chi connectivity index (χ1n) is 6.18. The zero-order chi connectivity index (χ0) is 12.6. The van der Waals surface area contributed by atoms with Crippen LogP contribution in [0, 0.1) is 0 Å². The number of carbonyl (C=O) groups is 1. The Morgan fingerprint density at radius 3 is 2.76 bits per heavy atom. The molecule has 2 fully saturated rings. The van der Waals surface area contributed by atoms with Crippen molar-refractivity contribution >= 4 is 6.09 Å². The van der Waals surface area contributed by atoms with Gasteiger partial charge in [0.05, 0.1) is 18.8 Å². The molecule has 2 rings (SSSR count). The van der Waals surface area contributed by atoms with E-state index in [2.05, 4.69) is 0 Å². The van der Waals surface area contributed by atoms with Crippen LogP contribution < -0.4 is 0 Å². The largest absolute Gasteiger partial charge is 0.444 e. The summed E-state index contributed by atoms with van der Waals surface area (Å²) >= 11 is 0. The van der Waals surface area contributed by atoms with Gasteiger partial charge in [0.25, 0.3) is 0 Å². The number of hydrogen-bond acceptors (Lipinski definition) is 4. The lowest BCUT2D eigenvalue weighted by atomic mass is 10.1. The molecule has 0 spiro atoms. The van der Waals surface area contributed by atoms with Crippen molar-refractivity contribution in [3.05, 3.63) is 0 Å². The van der Waals surface area contributed by atoms with Crippen LogP contribution in [0.25, 0.3) is 0 Å². The van der Waals surface area contributed by atoms with E-state index in [0.29, 0.717) is 19.6 Å². The van der Waals surface area contributed by atoms with Crippen molar-refractivity contribution in [1.82, 2.24) is 4.90 Å². The number of carbonyl (C=O) groups excluding carboxylic acids is 1. The molecule has 0 aromatic heterocycles. The minimum absolute atomic E-state index is 0.0337. The predicted molar refractivity (Wildman–Crippen MR) is 61.7 cm³/mol. The van der Waals surface area contributed by atoms with Gasteiger partial charge in [0.2, 0.25) is 0 Å². The molecule has 3 atom stereocenters. The third-order valence-corrected chi connectivity index (χ3v) is 3.19. The van der Waals surface area contributed by atoms with Crippen LogP contribution in [0.15, 0.2) is 0 Å². The Morgan fingerprint density at radius 1 is 1.41 bits per heavy atom. The SMILES string of the molecule is CC(C)(C)OC(=O)N1CCO[C@@H]2[C@H](O)CC[C@@H]21. The fraction of sp³-hybridized carbons (Fsp3) is 0.917. The van der Waals surface area contributed by atoms with E-state index in [9.17, 15) is 9.90 Å². The summed E-state index contributed by atoms with van der Waals surface area (Å²) in [4.78, 5) is 13.7. The molecule has 0 bridgehead atoms. The van der Waals surface area contributed by atoms with Gasteiger partial charge in [0.15, 0.2) is 0 Å². The number of aliphatic hydroxyl groups excluding tert-OH is 1. The minimum atomic E-state index is -0.484. The summed E-state index contributed by atoms with van der Waals surface area (Å²) in [5.41, 5.74) is -0.484. The number of ether oxygens (including phenoxy) is 2. The highest BCUT2D eigenvalue weighted by molar-refractivity contribution is 5.69. The number of rotatable bonds is 0. The summed E-state index contributed by atoms with van der Waals surface area (Å²) in [5, 5.41) is 9.75. The van der Waals surface area contributed by atoms with Crippen LogP contribution in [0.2, 0.25) is 0 Å². The highest BCUT2D eigenvalue weighted by Crippen LogP contribution is 2.31. The first kappa shape index (κ1) is 12.6. The fourth-order valence-electron chi connectivity index (χ4n) is 2.48. The van der Waals surface area contributed by atoms with Gasteiger partial charge < -0.3 is 19.5 Å². The van der Waals surface area contributed by atoms with Crippen molar-refractivity contribution in [2.24, 2.45) is 0 Å². The number of hydrogen-bond donors (Lipinski definition) is 1. The molecular formula is C12H21NO4. The first-order valence-corrected chi connectivity index (χ1v) is 6.18. The molecule has 1 saturated carbocycles. The molecule has 0 aromatic carbocycles. The van der Waals surface area contributed by atoms with Crippen molar-refractivity contribution in [2.75, 3.05) is 13.2 Å². The molecule has 1 heterocycles. The normalized spacial score (nSPS) is 33.4. The molecule has 0 aromatic rings. The van der Waals surface area contributed by atoms with Crippen molar-refractivity contribution in [2.45, 2.75) is 57.5 Å². The Morgan fingerprint density at radius 2 is 2.12 bits per heavy atom. The van der Waals surface area contributed by atoms with Crippen molar-refractivity contribution in [3.63, 3.8) is 0 Å². The Hall–Kier alpha value is -0.810. The van der Waals surface area contributed by atoms with E-state index < -0.39 is 11.7 Å².